The molecule has 0 heterocycles. The lowest BCUT2D eigenvalue weighted by Crippen LogP contribution is -2.02. The molecule has 4 heteroatoms. The van der Waals surface area contributed by atoms with Crippen molar-refractivity contribution in [3.8, 4) is 16.9 Å². The Kier molecular flexibility index (Phi) is 8.78. The molecular formula is C28H31F3O. The Morgan fingerprint density at radius 1 is 0.750 bits per heavy atom. The zero-order chi connectivity index (χ0) is 22.9. The van der Waals surface area contributed by atoms with Crippen LogP contribution >= 0.6 is 0 Å². The van der Waals surface area contributed by atoms with E-state index in [4.69, 9.17) is 4.74 Å². The van der Waals surface area contributed by atoms with Gasteiger partial charge in [0, 0.05) is 5.56 Å². The van der Waals surface area contributed by atoms with Gasteiger partial charge in [0.25, 0.3) is 0 Å². The average molecular weight is 441 g/mol. The lowest BCUT2D eigenvalue weighted by Gasteiger charge is -2.11. The zero-order valence-corrected chi connectivity index (χ0v) is 18.9. The average Bonchev–Trinajstić information content (AvgIpc) is 2.79. The van der Waals surface area contributed by atoms with E-state index in [-0.39, 0.29) is 17.1 Å². The minimum absolute atomic E-state index is 0.0431. The van der Waals surface area contributed by atoms with E-state index in [1.807, 2.05) is 31.2 Å². The van der Waals surface area contributed by atoms with Crippen molar-refractivity contribution in [2.75, 3.05) is 6.61 Å². The van der Waals surface area contributed by atoms with Gasteiger partial charge in [-0.05, 0) is 66.6 Å². The molecule has 0 N–H and O–H groups in total. The van der Waals surface area contributed by atoms with Gasteiger partial charge in [0.1, 0.15) is 5.82 Å². The van der Waals surface area contributed by atoms with Gasteiger partial charge in [0.2, 0.25) is 5.82 Å². The fourth-order valence-electron chi connectivity index (χ4n) is 3.74. The van der Waals surface area contributed by atoms with Gasteiger partial charge in [-0.3, -0.25) is 0 Å². The second-order valence-corrected chi connectivity index (χ2v) is 8.29. The lowest BCUT2D eigenvalue weighted by atomic mass is 9.99. The molecule has 0 amide bonds. The lowest BCUT2D eigenvalue weighted by molar-refractivity contribution is 0.285. The molecule has 3 rings (SSSR count). The molecule has 0 unspecified atom stereocenters. The van der Waals surface area contributed by atoms with Crippen LogP contribution in [0.5, 0.6) is 5.75 Å². The van der Waals surface area contributed by atoms with Crippen LogP contribution in [0, 0.1) is 24.4 Å². The normalized spacial score (nSPS) is 11.0. The van der Waals surface area contributed by atoms with Gasteiger partial charge in [-0.2, -0.15) is 4.39 Å². The third-order valence-electron chi connectivity index (χ3n) is 5.71. The molecule has 3 aromatic rings. The Balaban J connectivity index is 1.60. The number of halogens is 3. The Morgan fingerprint density at radius 3 is 2.22 bits per heavy atom. The summed E-state index contributed by atoms with van der Waals surface area (Å²) >= 11 is 0. The van der Waals surface area contributed by atoms with Crippen LogP contribution in [0.3, 0.4) is 0 Å². The highest BCUT2D eigenvalue weighted by molar-refractivity contribution is 5.65. The molecule has 0 saturated carbocycles. The summed E-state index contributed by atoms with van der Waals surface area (Å²) in [6, 6.07) is 15.6. The van der Waals surface area contributed by atoms with Crippen molar-refractivity contribution < 1.29 is 17.9 Å². The largest absolute Gasteiger partial charge is 0.490 e. The van der Waals surface area contributed by atoms with Crippen LogP contribution in [0.4, 0.5) is 13.2 Å². The highest BCUT2D eigenvalue weighted by Crippen LogP contribution is 2.30. The monoisotopic (exact) mass is 440 g/mol. The first kappa shape index (κ1) is 23.9. The number of hydrogen-bond acceptors (Lipinski definition) is 1. The quantitative estimate of drug-likeness (QED) is 0.273. The summed E-state index contributed by atoms with van der Waals surface area (Å²) < 4.78 is 48.6. The first-order valence-electron chi connectivity index (χ1n) is 11.4. The molecule has 1 nitrogen and oxygen atoms in total. The van der Waals surface area contributed by atoms with Crippen LogP contribution < -0.4 is 4.74 Å². The van der Waals surface area contributed by atoms with E-state index in [9.17, 15) is 13.2 Å². The van der Waals surface area contributed by atoms with Crippen LogP contribution in [0.25, 0.3) is 11.1 Å². The highest BCUT2D eigenvalue weighted by atomic mass is 19.2. The van der Waals surface area contributed by atoms with E-state index >= 15 is 0 Å². The Morgan fingerprint density at radius 2 is 1.50 bits per heavy atom. The summed E-state index contributed by atoms with van der Waals surface area (Å²) in [6.45, 7) is 4.40. The Bertz CT molecular complexity index is 1010. The second kappa shape index (κ2) is 11.8. The van der Waals surface area contributed by atoms with Gasteiger partial charge in [-0.25, -0.2) is 8.78 Å². The van der Waals surface area contributed by atoms with Crippen molar-refractivity contribution in [2.24, 2.45) is 0 Å². The molecule has 32 heavy (non-hydrogen) atoms. The maximum absolute atomic E-state index is 14.7. The van der Waals surface area contributed by atoms with Gasteiger partial charge >= 0.3 is 0 Å². The number of hydrogen-bond donors (Lipinski definition) is 0. The number of ether oxygens (including phenoxy) is 1. The summed E-state index contributed by atoms with van der Waals surface area (Å²) in [5, 5.41) is 0. The van der Waals surface area contributed by atoms with Crippen molar-refractivity contribution in [2.45, 2.75) is 58.8 Å². The molecule has 0 fully saturated rings. The Labute approximate surface area is 189 Å². The second-order valence-electron chi connectivity index (χ2n) is 8.29. The maximum Gasteiger partial charge on any atom is 0.201 e. The molecule has 0 aromatic heterocycles. The predicted octanol–water partition coefficient (Wildman–Crippen LogP) is 8.21. The number of unbranched alkanes of at least 4 members (excludes halogenated alkanes) is 4. The smallest absolute Gasteiger partial charge is 0.201 e. The van der Waals surface area contributed by atoms with Gasteiger partial charge in [0.05, 0.1) is 6.61 Å². The van der Waals surface area contributed by atoms with Crippen molar-refractivity contribution in [3.63, 3.8) is 0 Å². The van der Waals surface area contributed by atoms with Crippen molar-refractivity contribution in [1.82, 2.24) is 0 Å². The molecule has 0 aliphatic heterocycles. The number of benzene rings is 3. The fourth-order valence-corrected chi connectivity index (χ4v) is 3.74. The first-order chi connectivity index (χ1) is 15.5. The highest BCUT2D eigenvalue weighted by Gasteiger charge is 2.16. The van der Waals surface area contributed by atoms with Crippen molar-refractivity contribution in [3.05, 3.63) is 88.7 Å². The van der Waals surface area contributed by atoms with E-state index in [1.54, 1.807) is 18.2 Å². The molecule has 3 aromatic carbocycles. The Hall–Kier alpha value is -2.75. The minimum Gasteiger partial charge on any atom is -0.490 e. The third-order valence-corrected chi connectivity index (χ3v) is 5.71. The standard InChI is InChI=1S/C28H31F3O/c1-3-4-5-6-7-18-32-26-17-16-24(27(30)28(26)31)22-13-9-21(10-14-22)11-15-23-12-8-20(2)19-25(23)29/h8-10,12-14,16-17,19H,3-7,11,15,18H2,1-2H3. The van der Waals surface area contributed by atoms with Gasteiger partial charge in [-0.15, -0.1) is 0 Å². The molecule has 0 radical (unpaired) electrons. The maximum atomic E-state index is 14.7. The fraction of sp³-hybridized carbons (Fsp3) is 0.357. The summed E-state index contributed by atoms with van der Waals surface area (Å²) in [5.41, 5.74) is 3.38. The molecule has 0 aliphatic rings. The molecule has 170 valence electrons. The van der Waals surface area contributed by atoms with Crippen LogP contribution in [-0.4, -0.2) is 6.61 Å². The molecule has 0 atom stereocenters. The van der Waals surface area contributed by atoms with Crippen LogP contribution in [0.2, 0.25) is 0 Å². The topological polar surface area (TPSA) is 9.23 Å². The van der Waals surface area contributed by atoms with Gasteiger partial charge < -0.3 is 4.74 Å². The minimum atomic E-state index is -0.949. The van der Waals surface area contributed by atoms with Crippen molar-refractivity contribution >= 4 is 0 Å². The van der Waals surface area contributed by atoms with Crippen molar-refractivity contribution in [1.29, 1.82) is 0 Å². The summed E-state index contributed by atoms with van der Waals surface area (Å²) in [4.78, 5) is 0. The molecule has 0 aliphatic carbocycles. The zero-order valence-electron chi connectivity index (χ0n) is 18.9. The van der Waals surface area contributed by atoms with E-state index < -0.39 is 11.6 Å². The van der Waals surface area contributed by atoms with E-state index in [2.05, 4.69) is 6.92 Å². The molecule has 0 bridgehead atoms. The van der Waals surface area contributed by atoms with Crippen LogP contribution in [-0.2, 0) is 12.8 Å². The van der Waals surface area contributed by atoms with Crippen LogP contribution in [0.15, 0.2) is 54.6 Å². The van der Waals surface area contributed by atoms with Gasteiger partial charge in [-0.1, -0.05) is 69.0 Å². The number of rotatable bonds is 11. The molecular weight excluding hydrogens is 409 g/mol. The van der Waals surface area contributed by atoms with E-state index in [0.29, 0.717) is 30.6 Å². The number of aryl methyl sites for hydroxylation is 3. The summed E-state index contributed by atoms with van der Waals surface area (Å²) in [5.74, 6) is -2.08. The summed E-state index contributed by atoms with van der Waals surface area (Å²) in [7, 11) is 0. The molecule has 0 saturated heterocycles. The van der Waals surface area contributed by atoms with Gasteiger partial charge in [0.15, 0.2) is 11.6 Å². The third kappa shape index (κ3) is 6.38. The van der Waals surface area contributed by atoms with E-state index in [0.717, 1.165) is 36.8 Å². The predicted molar refractivity (Wildman–Crippen MR) is 125 cm³/mol. The molecule has 0 spiro atoms. The van der Waals surface area contributed by atoms with E-state index in [1.165, 1.54) is 18.6 Å². The first-order valence-corrected chi connectivity index (χ1v) is 11.4. The summed E-state index contributed by atoms with van der Waals surface area (Å²) in [6.07, 6.45) is 6.58. The SMILES string of the molecule is CCCCCCCOc1ccc(-c2ccc(CCc3ccc(C)cc3F)cc2)c(F)c1F. The van der Waals surface area contributed by atoms with Crippen LogP contribution in [0.1, 0.15) is 55.7 Å².